The lowest BCUT2D eigenvalue weighted by Gasteiger charge is -2.20. The van der Waals surface area contributed by atoms with E-state index >= 15 is 0 Å². The molecule has 18 heavy (non-hydrogen) atoms. The van der Waals surface area contributed by atoms with Crippen molar-refractivity contribution in [3.8, 4) is 0 Å². The molecule has 1 rings (SSSR count). The monoisotopic (exact) mass is 249 g/mol. The Kier molecular flexibility index (Phi) is 5.91. The van der Waals surface area contributed by atoms with Crippen LogP contribution in [0.15, 0.2) is 30.3 Å². The fourth-order valence-electron chi connectivity index (χ4n) is 1.63. The second kappa shape index (κ2) is 7.48. The highest BCUT2D eigenvalue weighted by molar-refractivity contribution is 5.94. The van der Waals surface area contributed by atoms with Crippen LogP contribution in [0, 0.1) is 0 Å². The van der Waals surface area contributed by atoms with Crippen LogP contribution >= 0.6 is 0 Å². The van der Waals surface area contributed by atoms with E-state index in [1.807, 2.05) is 37.3 Å². The van der Waals surface area contributed by atoms with Gasteiger partial charge < -0.3 is 9.64 Å². The van der Waals surface area contributed by atoms with E-state index in [1.54, 1.807) is 11.8 Å². The molecule has 4 nitrogen and oxygen atoms in total. The predicted octanol–water partition coefficient (Wildman–Crippen LogP) is 1.99. The van der Waals surface area contributed by atoms with E-state index in [0.717, 1.165) is 5.56 Å². The standard InChI is InChI=1S/C14H19NO3/c1-3-15(11-12-8-6-5-7-9-12)13(16)10-14(17)18-4-2/h5-9H,3-4,10-11H2,1-2H3. The number of ether oxygens (including phenoxy) is 1. The molecule has 1 amide bonds. The van der Waals surface area contributed by atoms with E-state index < -0.39 is 5.97 Å². The van der Waals surface area contributed by atoms with Crippen LogP contribution in [-0.2, 0) is 20.9 Å². The van der Waals surface area contributed by atoms with E-state index in [0.29, 0.717) is 19.7 Å². The van der Waals surface area contributed by atoms with Crippen molar-refractivity contribution in [1.29, 1.82) is 0 Å². The van der Waals surface area contributed by atoms with Crippen LogP contribution in [0.2, 0.25) is 0 Å². The molecule has 0 heterocycles. The highest BCUT2D eigenvalue weighted by atomic mass is 16.5. The van der Waals surface area contributed by atoms with Gasteiger partial charge in [-0.3, -0.25) is 9.59 Å². The molecule has 4 heteroatoms. The Balaban J connectivity index is 2.55. The normalized spacial score (nSPS) is 9.89. The Hall–Kier alpha value is -1.84. The zero-order valence-electron chi connectivity index (χ0n) is 10.9. The van der Waals surface area contributed by atoms with E-state index in [4.69, 9.17) is 4.74 Å². The summed E-state index contributed by atoms with van der Waals surface area (Å²) in [7, 11) is 0. The maximum Gasteiger partial charge on any atom is 0.315 e. The van der Waals surface area contributed by atoms with Gasteiger partial charge in [0, 0.05) is 13.1 Å². The molecule has 98 valence electrons. The molecule has 0 fully saturated rings. The van der Waals surface area contributed by atoms with Crippen molar-refractivity contribution in [2.45, 2.75) is 26.8 Å². The SMILES string of the molecule is CCOC(=O)CC(=O)N(CC)Cc1ccccc1. The minimum atomic E-state index is -0.464. The van der Waals surface area contributed by atoms with Gasteiger partial charge in [0.15, 0.2) is 0 Å². The van der Waals surface area contributed by atoms with Crippen LogP contribution in [0.4, 0.5) is 0 Å². The zero-order valence-corrected chi connectivity index (χ0v) is 10.9. The maximum atomic E-state index is 11.9. The minimum Gasteiger partial charge on any atom is -0.466 e. The molecule has 1 aromatic carbocycles. The van der Waals surface area contributed by atoms with E-state index in [9.17, 15) is 9.59 Å². The Labute approximate surface area is 108 Å². The van der Waals surface area contributed by atoms with Crippen LogP contribution in [0.3, 0.4) is 0 Å². The average molecular weight is 249 g/mol. The molecule has 0 N–H and O–H groups in total. The van der Waals surface area contributed by atoms with Gasteiger partial charge in [-0.2, -0.15) is 0 Å². The van der Waals surface area contributed by atoms with Crippen molar-refractivity contribution in [1.82, 2.24) is 4.90 Å². The lowest BCUT2D eigenvalue weighted by Crippen LogP contribution is -2.32. The van der Waals surface area contributed by atoms with Gasteiger partial charge in [0.25, 0.3) is 0 Å². The molecular weight excluding hydrogens is 230 g/mol. The molecule has 0 bridgehead atoms. The molecular formula is C14H19NO3. The third kappa shape index (κ3) is 4.57. The quantitative estimate of drug-likeness (QED) is 0.572. The molecule has 0 spiro atoms. The summed E-state index contributed by atoms with van der Waals surface area (Å²) in [4.78, 5) is 24.8. The first-order valence-corrected chi connectivity index (χ1v) is 6.14. The van der Waals surface area contributed by atoms with Crippen molar-refractivity contribution < 1.29 is 14.3 Å². The summed E-state index contributed by atoms with van der Waals surface area (Å²) in [5, 5.41) is 0. The number of hydrogen-bond donors (Lipinski definition) is 0. The van der Waals surface area contributed by atoms with Gasteiger partial charge in [0.05, 0.1) is 6.61 Å². The summed E-state index contributed by atoms with van der Waals surface area (Å²) < 4.78 is 4.77. The third-order valence-electron chi connectivity index (χ3n) is 2.55. The second-order valence-corrected chi connectivity index (χ2v) is 3.88. The summed E-state index contributed by atoms with van der Waals surface area (Å²) in [6, 6.07) is 9.71. The molecule has 0 atom stereocenters. The predicted molar refractivity (Wildman–Crippen MR) is 68.8 cm³/mol. The van der Waals surface area contributed by atoms with E-state index in [2.05, 4.69) is 0 Å². The Morgan fingerprint density at radius 1 is 1.17 bits per heavy atom. The Morgan fingerprint density at radius 2 is 1.83 bits per heavy atom. The van der Waals surface area contributed by atoms with Crippen LogP contribution in [0.5, 0.6) is 0 Å². The number of carbonyl (C=O) groups excluding carboxylic acids is 2. The molecule has 0 saturated heterocycles. The fraction of sp³-hybridized carbons (Fsp3) is 0.429. The smallest absolute Gasteiger partial charge is 0.315 e. The highest BCUT2D eigenvalue weighted by Crippen LogP contribution is 2.06. The summed E-state index contributed by atoms with van der Waals surface area (Å²) in [5.74, 6) is -0.659. The van der Waals surface area contributed by atoms with Gasteiger partial charge in [-0.15, -0.1) is 0 Å². The minimum absolute atomic E-state index is 0.186. The van der Waals surface area contributed by atoms with Gasteiger partial charge in [-0.05, 0) is 19.4 Å². The molecule has 0 aliphatic rings. The Morgan fingerprint density at radius 3 is 2.39 bits per heavy atom. The van der Waals surface area contributed by atoms with Crippen molar-refractivity contribution in [2.24, 2.45) is 0 Å². The van der Waals surface area contributed by atoms with Crippen molar-refractivity contribution in [3.05, 3.63) is 35.9 Å². The zero-order chi connectivity index (χ0) is 13.4. The molecule has 1 aromatic rings. The van der Waals surface area contributed by atoms with Gasteiger partial charge in [-0.25, -0.2) is 0 Å². The third-order valence-corrected chi connectivity index (χ3v) is 2.55. The first kappa shape index (κ1) is 14.2. The largest absolute Gasteiger partial charge is 0.466 e. The number of rotatable bonds is 6. The molecule has 0 aliphatic heterocycles. The molecule has 0 saturated carbocycles. The van der Waals surface area contributed by atoms with Crippen LogP contribution in [0.1, 0.15) is 25.8 Å². The summed E-state index contributed by atoms with van der Waals surface area (Å²) in [6.07, 6.45) is -0.186. The van der Waals surface area contributed by atoms with Gasteiger partial charge in [0.2, 0.25) is 5.91 Å². The van der Waals surface area contributed by atoms with Crippen molar-refractivity contribution in [3.63, 3.8) is 0 Å². The number of hydrogen-bond acceptors (Lipinski definition) is 3. The van der Waals surface area contributed by atoms with Gasteiger partial charge in [-0.1, -0.05) is 30.3 Å². The average Bonchev–Trinajstić information content (AvgIpc) is 2.37. The maximum absolute atomic E-state index is 11.9. The summed E-state index contributed by atoms with van der Waals surface area (Å²) >= 11 is 0. The summed E-state index contributed by atoms with van der Waals surface area (Å²) in [6.45, 7) is 5.02. The lowest BCUT2D eigenvalue weighted by molar-refractivity contribution is -0.148. The molecule has 0 aliphatic carbocycles. The second-order valence-electron chi connectivity index (χ2n) is 3.88. The highest BCUT2D eigenvalue weighted by Gasteiger charge is 2.16. The summed E-state index contributed by atoms with van der Waals surface area (Å²) in [5.41, 5.74) is 1.05. The van der Waals surface area contributed by atoms with Crippen molar-refractivity contribution >= 4 is 11.9 Å². The molecule has 0 aromatic heterocycles. The van der Waals surface area contributed by atoms with Crippen LogP contribution in [-0.4, -0.2) is 29.9 Å². The number of carbonyl (C=O) groups is 2. The van der Waals surface area contributed by atoms with E-state index in [-0.39, 0.29) is 12.3 Å². The van der Waals surface area contributed by atoms with Gasteiger partial charge >= 0.3 is 5.97 Å². The first-order valence-electron chi connectivity index (χ1n) is 6.14. The number of amides is 1. The first-order chi connectivity index (χ1) is 8.67. The fourth-order valence-corrected chi connectivity index (χ4v) is 1.63. The van der Waals surface area contributed by atoms with Crippen LogP contribution < -0.4 is 0 Å². The van der Waals surface area contributed by atoms with Crippen LogP contribution in [0.25, 0.3) is 0 Å². The topological polar surface area (TPSA) is 46.6 Å². The number of nitrogens with zero attached hydrogens (tertiary/aromatic N) is 1. The number of esters is 1. The van der Waals surface area contributed by atoms with Crippen molar-refractivity contribution in [2.75, 3.05) is 13.2 Å². The lowest BCUT2D eigenvalue weighted by atomic mass is 10.2. The van der Waals surface area contributed by atoms with E-state index in [1.165, 1.54) is 0 Å². The number of benzene rings is 1. The molecule has 0 unspecified atom stereocenters. The Bertz CT molecular complexity index is 389. The van der Waals surface area contributed by atoms with Gasteiger partial charge in [0.1, 0.15) is 6.42 Å². The molecule has 0 radical (unpaired) electrons.